The van der Waals surface area contributed by atoms with Crippen molar-refractivity contribution >= 4 is 26.9 Å². The van der Waals surface area contributed by atoms with E-state index in [1.165, 1.54) is 11.6 Å². The van der Waals surface area contributed by atoms with Gasteiger partial charge in [-0.3, -0.25) is 0 Å². The molecule has 0 amide bonds. The van der Waals surface area contributed by atoms with Crippen molar-refractivity contribution in [3.63, 3.8) is 0 Å². The number of hydrogen-bond acceptors (Lipinski definition) is 3. The molecule has 0 fully saturated rings. The smallest absolute Gasteiger partial charge is 0.336 e. The van der Waals surface area contributed by atoms with E-state index in [-0.39, 0.29) is 5.63 Å². The predicted octanol–water partition coefficient (Wildman–Crippen LogP) is 4.78. The van der Waals surface area contributed by atoms with Gasteiger partial charge in [-0.2, -0.15) is 0 Å². The van der Waals surface area contributed by atoms with E-state index in [0.29, 0.717) is 17.9 Å². The van der Waals surface area contributed by atoms with Crippen molar-refractivity contribution in [2.75, 3.05) is 0 Å². The number of nitrogens with zero attached hydrogens (tertiary/aromatic N) is 1. The van der Waals surface area contributed by atoms with Crippen molar-refractivity contribution in [1.29, 1.82) is 0 Å². The highest BCUT2D eigenvalue weighted by atomic mass is 79.9. The van der Waals surface area contributed by atoms with Gasteiger partial charge in [0.15, 0.2) is 18.9 Å². The van der Waals surface area contributed by atoms with Crippen molar-refractivity contribution in [2.24, 2.45) is 0 Å². The minimum atomic E-state index is -0.347. The van der Waals surface area contributed by atoms with Gasteiger partial charge in [0.2, 0.25) is 0 Å². The van der Waals surface area contributed by atoms with Crippen LogP contribution in [0.3, 0.4) is 0 Å². The lowest BCUT2D eigenvalue weighted by molar-refractivity contribution is -0.688. The van der Waals surface area contributed by atoms with Crippen LogP contribution in [-0.2, 0) is 13.2 Å². The summed E-state index contributed by atoms with van der Waals surface area (Å²) < 4.78 is 14.4. The van der Waals surface area contributed by atoms with Crippen LogP contribution >= 0.6 is 15.9 Å². The Morgan fingerprint density at radius 1 is 0.964 bits per heavy atom. The molecule has 2 aromatic carbocycles. The van der Waals surface area contributed by atoms with Gasteiger partial charge in [-0.05, 0) is 36.8 Å². The second kappa shape index (κ2) is 7.98. The molecule has 4 aromatic rings. The maximum atomic E-state index is 11.6. The summed E-state index contributed by atoms with van der Waals surface area (Å²) in [5.41, 5.74) is 3.41. The molecule has 0 aliphatic carbocycles. The highest BCUT2D eigenvalue weighted by molar-refractivity contribution is 9.10. The van der Waals surface area contributed by atoms with Crippen molar-refractivity contribution in [3.05, 3.63) is 105 Å². The molecule has 140 valence electrons. The third-order valence-corrected chi connectivity index (χ3v) is 5.10. The van der Waals surface area contributed by atoms with Gasteiger partial charge < -0.3 is 9.15 Å². The Morgan fingerprint density at radius 3 is 2.46 bits per heavy atom. The van der Waals surface area contributed by atoms with Gasteiger partial charge in [0.05, 0.1) is 0 Å². The van der Waals surface area contributed by atoms with Crippen molar-refractivity contribution in [1.82, 2.24) is 0 Å². The average Bonchev–Trinajstić information content (AvgIpc) is 2.69. The number of halogens is 1. The number of aryl methyl sites for hydroxylation is 1. The van der Waals surface area contributed by atoms with E-state index in [2.05, 4.69) is 32.6 Å². The summed E-state index contributed by atoms with van der Waals surface area (Å²) in [6.45, 7) is 3.16. The van der Waals surface area contributed by atoms with Gasteiger partial charge in [0, 0.05) is 45.3 Å². The van der Waals surface area contributed by atoms with E-state index in [1.54, 1.807) is 6.07 Å². The van der Waals surface area contributed by atoms with Crippen LogP contribution < -0.4 is 14.9 Å². The number of hydrogen-bond donors (Lipinski definition) is 0. The number of fused-ring (bicyclic) bond motifs is 1. The van der Waals surface area contributed by atoms with Crippen LogP contribution in [-0.4, -0.2) is 0 Å². The second-order valence-corrected chi connectivity index (χ2v) is 7.62. The minimum absolute atomic E-state index is 0.347. The third-order valence-electron chi connectivity index (χ3n) is 4.57. The zero-order chi connectivity index (χ0) is 19.5. The van der Waals surface area contributed by atoms with Crippen molar-refractivity contribution in [2.45, 2.75) is 20.1 Å². The fraction of sp³-hybridized carbons (Fsp3) is 0.130. The summed E-state index contributed by atoms with van der Waals surface area (Å²) in [5.74, 6) is 0.674. The number of rotatable bonds is 5. The zero-order valence-electron chi connectivity index (χ0n) is 15.4. The zero-order valence-corrected chi connectivity index (χ0v) is 17.0. The van der Waals surface area contributed by atoms with E-state index in [4.69, 9.17) is 9.15 Å². The molecule has 5 heteroatoms. The first-order valence-corrected chi connectivity index (χ1v) is 9.76. The van der Waals surface area contributed by atoms with Gasteiger partial charge >= 0.3 is 5.63 Å². The highest BCUT2D eigenvalue weighted by Crippen LogP contribution is 2.22. The fourth-order valence-corrected chi connectivity index (χ4v) is 3.32. The Labute approximate surface area is 171 Å². The topological polar surface area (TPSA) is 43.3 Å². The summed E-state index contributed by atoms with van der Waals surface area (Å²) in [6.07, 6.45) is 4.09. The molecule has 0 atom stereocenters. The van der Waals surface area contributed by atoms with Crippen LogP contribution in [0.2, 0.25) is 0 Å². The van der Waals surface area contributed by atoms with E-state index in [1.807, 2.05) is 55.7 Å². The largest absolute Gasteiger partial charge is 0.489 e. The monoisotopic (exact) mass is 436 g/mol. The van der Waals surface area contributed by atoms with Crippen LogP contribution in [0, 0.1) is 6.92 Å². The lowest BCUT2D eigenvalue weighted by Gasteiger charge is -2.07. The molecular formula is C23H19BrNO3+. The molecule has 0 aliphatic heterocycles. The van der Waals surface area contributed by atoms with E-state index < -0.39 is 0 Å². The van der Waals surface area contributed by atoms with Gasteiger partial charge in [0.25, 0.3) is 0 Å². The molecule has 0 saturated heterocycles. The molecule has 4 rings (SSSR count). The molecule has 0 N–H and O–H groups in total. The molecule has 28 heavy (non-hydrogen) atoms. The SMILES string of the molecule is Cc1cc(=O)oc2cc(OCc3cc[n+](Cc4ccc(Br)cc4)cc3)ccc12. The maximum absolute atomic E-state index is 11.6. The summed E-state index contributed by atoms with van der Waals surface area (Å²) in [5, 5.41) is 0.917. The van der Waals surface area contributed by atoms with Gasteiger partial charge in [-0.25, -0.2) is 9.36 Å². The lowest BCUT2D eigenvalue weighted by atomic mass is 10.1. The second-order valence-electron chi connectivity index (χ2n) is 6.70. The quantitative estimate of drug-likeness (QED) is 0.334. The van der Waals surface area contributed by atoms with Crippen molar-refractivity contribution < 1.29 is 13.7 Å². The summed E-state index contributed by atoms with van der Waals surface area (Å²) in [6, 6.07) is 19.5. The molecule has 4 nitrogen and oxygen atoms in total. The standard InChI is InChI=1S/C23H19BrNO3/c1-16-12-23(26)28-22-13-20(6-7-21(16)22)27-15-18-8-10-25(11-9-18)14-17-2-4-19(24)5-3-17/h2-13H,14-15H2,1H3/q+1. The first-order chi connectivity index (χ1) is 13.6. The third kappa shape index (κ3) is 4.31. The molecule has 0 unspecified atom stereocenters. The van der Waals surface area contributed by atoms with E-state index in [0.717, 1.165) is 27.5 Å². The Bertz CT molecular complexity index is 1170. The molecule has 0 bridgehead atoms. The average molecular weight is 437 g/mol. The van der Waals surface area contributed by atoms with Crippen LogP contribution in [0.5, 0.6) is 5.75 Å². The molecule has 0 spiro atoms. The van der Waals surface area contributed by atoms with Crippen LogP contribution in [0.15, 0.2) is 86.7 Å². The van der Waals surface area contributed by atoms with Gasteiger partial charge in [0.1, 0.15) is 17.9 Å². The van der Waals surface area contributed by atoms with Crippen LogP contribution in [0.4, 0.5) is 0 Å². The Hall–Kier alpha value is -2.92. The first-order valence-electron chi connectivity index (χ1n) is 8.96. The van der Waals surface area contributed by atoms with Gasteiger partial charge in [-0.15, -0.1) is 0 Å². The number of benzene rings is 2. The van der Waals surface area contributed by atoms with Crippen molar-refractivity contribution in [3.8, 4) is 5.75 Å². The maximum Gasteiger partial charge on any atom is 0.336 e. The first kappa shape index (κ1) is 18.4. The normalized spacial score (nSPS) is 10.9. The molecular weight excluding hydrogens is 418 g/mol. The molecule has 0 radical (unpaired) electrons. The Morgan fingerprint density at radius 2 is 1.71 bits per heavy atom. The van der Waals surface area contributed by atoms with E-state index >= 15 is 0 Å². The lowest BCUT2D eigenvalue weighted by Crippen LogP contribution is -2.33. The van der Waals surface area contributed by atoms with Crippen LogP contribution in [0.1, 0.15) is 16.7 Å². The molecule has 2 aromatic heterocycles. The Balaban J connectivity index is 1.43. The molecule has 0 aliphatic rings. The summed E-state index contributed by atoms with van der Waals surface area (Å²) >= 11 is 3.46. The highest BCUT2D eigenvalue weighted by Gasteiger charge is 2.06. The molecule has 2 heterocycles. The summed E-state index contributed by atoms with van der Waals surface area (Å²) in [4.78, 5) is 11.6. The predicted molar refractivity (Wildman–Crippen MR) is 111 cm³/mol. The number of ether oxygens (including phenoxy) is 1. The number of aromatic nitrogens is 1. The Kier molecular flexibility index (Phi) is 5.26. The number of pyridine rings is 1. The van der Waals surface area contributed by atoms with E-state index in [9.17, 15) is 4.79 Å². The minimum Gasteiger partial charge on any atom is -0.489 e. The fourth-order valence-electron chi connectivity index (χ4n) is 3.05. The van der Waals surface area contributed by atoms with Crippen LogP contribution in [0.25, 0.3) is 11.0 Å². The van der Waals surface area contributed by atoms with Gasteiger partial charge in [-0.1, -0.05) is 28.1 Å². The molecule has 0 saturated carbocycles. The summed E-state index contributed by atoms with van der Waals surface area (Å²) in [7, 11) is 0.